The molecule has 12 nitrogen and oxygen atoms in total. The predicted octanol–water partition coefficient (Wildman–Crippen LogP) is 0.247. The number of rotatable bonds is 8. The van der Waals surface area contributed by atoms with Crippen LogP contribution in [-0.4, -0.2) is 67.1 Å². The Balaban J connectivity index is 2.51. The van der Waals surface area contributed by atoms with Crippen LogP contribution in [0.4, 0.5) is 0 Å². The molecule has 12 heteroatoms. The van der Waals surface area contributed by atoms with Gasteiger partial charge in [0.2, 0.25) is 12.4 Å². The molecule has 1 fully saturated rings. The van der Waals surface area contributed by atoms with Crippen molar-refractivity contribution in [2.24, 2.45) is 5.73 Å². The maximum absolute atomic E-state index is 11.8. The Morgan fingerprint density at radius 1 is 0.818 bits per heavy atom. The Bertz CT molecular complexity index is 915. The fourth-order valence-electron chi connectivity index (χ4n) is 3.18. The maximum Gasteiger partial charge on any atom is 0.303 e. The van der Waals surface area contributed by atoms with Crippen LogP contribution in [0.5, 0.6) is 5.75 Å². The lowest BCUT2D eigenvalue weighted by Crippen LogP contribution is -2.63. The van der Waals surface area contributed by atoms with Crippen LogP contribution >= 0.6 is 0 Å². The monoisotopic (exact) mass is 467 g/mol. The third-order valence-corrected chi connectivity index (χ3v) is 4.34. The highest BCUT2D eigenvalue weighted by Gasteiger charge is 2.53. The number of carbonyl (C=O) groups is 5. The number of para-hydroxylation sites is 1. The van der Waals surface area contributed by atoms with Gasteiger partial charge in [-0.1, -0.05) is 12.1 Å². The minimum atomic E-state index is -1.47. The van der Waals surface area contributed by atoms with Gasteiger partial charge in [-0.25, -0.2) is 0 Å². The minimum Gasteiger partial charge on any atom is -0.463 e. The van der Waals surface area contributed by atoms with E-state index in [4.69, 9.17) is 34.2 Å². The lowest BCUT2D eigenvalue weighted by molar-refractivity contribution is -0.288. The van der Waals surface area contributed by atoms with E-state index in [1.54, 1.807) is 12.1 Å². The first-order valence-corrected chi connectivity index (χ1v) is 9.85. The highest BCUT2D eigenvalue weighted by atomic mass is 16.7. The zero-order valence-electron chi connectivity index (χ0n) is 18.5. The van der Waals surface area contributed by atoms with E-state index in [0.29, 0.717) is 0 Å². The largest absolute Gasteiger partial charge is 0.463 e. The average Bonchev–Trinajstić information content (AvgIpc) is 2.70. The van der Waals surface area contributed by atoms with Crippen molar-refractivity contribution < 1.29 is 52.4 Å². The van der Waals surface area contributed by atoms with Crippen molar-refractivity contribution in [3.05, 3.63) is 29.8 Å². The number of primary amides is 1. The average molecular weight is 467 g/mol. The van der Waals surface area contributed by atoms with E-state index in [1.165, 1.54) is 12.1 Å². The van der Waals surface area contributed by atoms with Gasteiger partial charge in [0, 0.05) is 27.7 Å². The molecule has 1 aromatic carbocycles. The summed E-state index contributed by atoms with van der Waals surface area (Å²) in [6.45, 7) is 4.07. The van der Waals surface area contributed by atoms with Crippen LogP contribution in [-0.2, 0) is 42.9 Å². The first-order valence-electron chi connectivity index (χ1n) is 9.85. The molecular formula is C21H25NO11. The molecule has 33 heavy (non-hydrogen) atoms. The standard InChI is InChI=1S/C21H25NO11/c1-10(23)28-9-16-17(29-11(2)24)18(30-12(3)25)19(31-13(4)26)21(33-16)32-15-8-6-5-7-14(15)20(22)27/h5-8,16-19,21H,9H2,1-4H3,(H2,22,27)/t16-,17-,18+,19-,21-/m0/s1. The van der Waals surface area contributed by atoms with Gasteiger partial charge < -0.3 is 34.2 Å². The maximum atomic E-state index is 11.8. The Hall–Kier alpha value is -3.67. The van der Waals surface area contributed by atoms with E-state index in [-0.39, 0.29) is 11.3 Å². The van der Waals surface area contributed by atoms with Gasteiger partial charge >= 0.3 is 23.9 Å². The summed E-state index contributed by atoms with van der Waals surface area (Å²) in [6, 6.07) is 5.95. The number of nitrogens with two attached hydrogens (primary N) is 1. The van der Waals surface area contributed by atoms with Crippen LogP contribution in [0.25, 0.3) is 0 Å². The molecule has 1 saturated heterocycles. The van der Waals surface area contributed by atoms with Crippen LogP contribution in [0, 0.1) is 0 Å². The van der Waals surface area contributed by atoms with Gasteiger partial charge in [-0.05, 0) is 12.1 Å². The van der Waals surface area contributed by atoms with Gasteiger partial charge in [-0.2, -0.15) is 0 Å². The highest BCUT2D eigenvalue weighted by molar-refractivity contribution is 5.95. The Morgan fingerprint density at radius 2 is 1.36 bits per heavy atom. The first kappa shape index (κ1) is 25.6. The summed E-state index contributed by atoms with van der Waals surface area (Å²) in [6.07, 6.45) is -6.78. The Kier molecular flexibility index (Phi) is 8.74. The molecule has 180 valence electrons. The number of hydrogen-bond donors (Lipinski definition) is 1. The summed E-state index contributed by atoms with van der Waals surface area (Å²) >= 11 is 0. The van der Waals surface area contributed by atoms with Crippen molar-refractivity contribution in [1.29, 1.82) is 0 Å². The Labute approximate surface area is 189 Å². The van der Waals surface area contributed by atoms with E-state index >= 15 is 0 Å². The van der Waals surface area contributed by atoms with Crippen LogP contribution in [0.3, 0.4) is 0 Å². The molecule has 1 aromatic rings. The zero-order chi connectivity index (χ0) is 24.7. The normalized spacial score (nSPS) is 24.2. The number of esters is 4. The van der Waals surface area contributed by atoms with Crippen LogP contribution in [0.15, 0.2) is 24.3 Å². The molecule has 0 unspecified atom stereocenters. The van der Waals surface area contributed by atoms with Crippen molar-refractivity contribution in [2.45, 2.75) is 58.4 Å². The fourth-order valence-corrected chi connectivity index (χ4v) is 3.18. The lowest BCUT2D eigenvalue weighted by Gasteiger charge is -2.44. The third kappa shape index (κ3) is 7.17. The van der Waals surface area contributed by atoms with Crippen molar-refractivity contribution in [3.63, 3.8) is 0 Å². The molecule has 0 spiro atoms. The molecule has 2 rings (SSSR count). The first-order chi connectivity index (χ1) is 15.5. The molecule has 1 heterocycles. The van der Waals surface area contributed by atoms with E-state index in [1.807, 2.05) is 0 Å². The second-order valence-corrected chi connectivity index (χ2v) is 7.05. The van der Waals surface area contributed by atoms with Crippen LogP contribution in [0.2, 0.25) is 0 Å². The zero-order valence-corrected chi connectivity index (χ0v) is 18.5. The number of ether oxygens (including phenoxy) is 6. The predicted molar refractivity (Wildman–Crippen MR) is 108 cm³/mol. The molecule has 1 aliphatic rings. The minimum absolute atomic E-state index is 0.00496. The van der Waals surface area contributed by atoms with E-state index in [0.717, 1.165) is 27.7 Å². The molecule has 0 bridgehead atoms. The molecule has 5 atom stereocenters. The van der Waals surface area contributed by atoms with Crippen molar-refractivity contribution in [3.8, 4) is 5.75 Å². The molecule has 1 aliphatic heterocycles. The summed E-state index contributed by atoms with van der Waals surface area (Å²) in [7, 11) is 0. The molecule has 1 amide bonds. The van der Waals surface area contributed by atoms with E-state index in [2.05, 4.69) is 0 Å². The summed E-state index contributed by atoms with van der Waals surface area (Å²) < 4.78 is 32.5. The molecular weight excluding hydrogens is 442 g/mol. The van der Waals surface area contributed by atoms with Crippen molar-refractivity contribution >= 4 is 29.8 Å². The van der Waals surface area contributed by atoms with Crippen molar-refractivity contribution in [1.82, 2.24) is 0 Å². The summed E-state index contributed by atoms with van der Waals surface area (Å²) in [5, 5.41) is 0. The van der Waals surface area contributed by atoms with Gasteiger partial charge in [0.15, 0.2) is 12.2 Å². The van der Waals surface area contributed by atoms with Gasteiger partial charge in [-0.15, -0.1) is 0 Å². The quantitative estimate of drug-likeness (QED) is 0.411. The second kappa shape index (κ2) is 11.3. The number of amides is 1. The SMILES string of the molecule is CC(=O)OC[C@@H]1O[C@H](Oc2ccccc2C(N)=O)[C@@H](OC(C)=O)[C@H](OC(C)=O)[C@H]1OC(C)=O. The summed E-state index contributed by atoms with van der Waals surface area (Å²) in [4.78, 5) is 58.5. The smallest absolute Gasteiger partial charge is 0.303 e. The third-order valence-electron chi connectivity index (χ3n) is 4.34. The second-order valence-electron chi connectivity index (χ2n) is 7.05. The highest BCUT2D eigenvalue weighted by Crippen LogP contribution is 2.31. The number of carbonyl (C=O) groups excluding carboxylic acids is 5. The van der Waals surface area contributed by atoms with Gasteiger partial charge in [0.05, 0.1) is 5.56 Å². The summed E-state index contributed by atoms with van der Waals surface area (Å²) in [5.74, 6) is -3.77. The molecule has 0 aromatic heterocycles. The number of hydrogen-bond acceptors (Lipinski definition) is 11. The molecule has 0 aliphatic carbocycles. The van der Waals surface area contributed by atoms with Gasteiger partial charge in [0.1, 0.15) is 18.5 Å². The summed E-state index contributed by atoms with van der Waals surface area (Å²) in [5.41, 5.74) is 5.39. The van der Waals surface area contributed by atoms with E-state index in [9.17, 15) is 24.0 Å². The van der Waals surface area contributed by atoms with Crippen LogP contribution < -0.4 is 10.5 Å². The Morgan fingerprint density at radius 3 is 1.91 bits per heavy atom. The molecule has 2 N–H and O–H groups in total. The van der Waals surface area contributed by atoms with Crippen LogP contribution in [0.1, 0.15) is 38.1 Å². The topological polar surface area (TPSA) is 167 Å². The molecule has 0 saturated carbocycles. The fraction of sp³-hybridized carbons (Fsp3) is 0.476. The van der Waals surface area contributed by atoms with Gasteiger partial charge in [-0.3, -0.25) is 24.0 Å². The number of benzene rings is 1. The van der Waals surface area contributed by atoms with E-state index < -0.39 is 67.1 Å². The van der Waals surface area contributed by atoms with Gasteiger partial charge in [0.25, 0.3) is 5.91 Å². The lowest BCUT2D eigenvalue weighted by atomic mass is 9.98. The molecule has 0 radical (unpaired) electrons. The van der Waals surface area contributed by atoms with Crippen molar-refractivity contribution in [2.75, 3.05) is 6.61 Å².